The molecule has 0 saturated carbocycles. The second-order valence-electron chi connectivity index (χ2n) is 6.55. The van der Waals surface area contributed by atoms with Gasteiger partial charge in [-0.1, -0.05) is 36.4 Å². The highest BCUT2D eigenvalue weighted by Crippen LogP contribution is 2.39. The third kappa shape index (κ3) is 4.92. The summed E-state index contributed by atoms with van der Waals surface area (Å²) in [6, 6.07) is 13.0. The first-order chi connectivity index (χ1) is 15.0. The number of amides is 2. The Labute approximate surface area is 185 Å². The molecule has 8 heteroatoms. The molecule has 0 aromatic heterocycles. The Morgan fingerprint density at radius 3 is 2.45 bits per heavy atom. The molecule has 2 aromatic rings. The average Bonchev–Trinajstić information content (AvgIpc) is 2.78. The summed E-state index contributed by atoms with van der Waals surface area (Å²) >= 11 is 5.08. The first-order valence-corrected chi connectivity index (χ1v) is 9.81. The zero-order valence-corrected chi connectivity index (χ0v) is 18.0. The fourth-order valence-corrected chi connectivity index (χ4v) is 3.28. The lowest BCUT2D eigenvalue weighted by Gasteiger charge is -2.27. The normalized spacial score (nSPS) is 15.0. The van der Waals surface area contributed by atoms with Crippen LogP contribution in [0.15, 0.2) is 60.7 Å². The standard InChI is InChI=1S/C23H22N2O5S/c1-4-10-25-22(27)17(21(26)24-23(25)31)11-16-12-18(28-2)20(29-3)19(13-16)30-14-15-8-6-5-7-9-15/h4-9,11-13H,1,10,14H2,2-3H3,(H,24,26,31). The lowest BCUT2D eigenvalue weighted by molar-refractivity contribution is -0.128. The zero-order chi connectivity index (χ0) is 22.4. The van der Waals surface area contributed by atoms with Gasteiger partial charge >= 0.3 is 0 Å². The van der Waals surface area contributed by atoms with Crippen LogP contribution in [0.1, 0.15) is 11.1 Å². The molecule has 1 saturated heterocycles. The van der Waals surface area contributed by atoms with Crippen molar-refractivity contribution in [1.29, 1.82) is 0 Å². The van der Waals surface area contributed by atoms with Crippen LogP contribution in [0, 0.1) is 0 Å². The molecule has 0 aliphatic carbocycles. The van der Waals surface area contributed by atoms with Gasteiger partial charge in [0, 0.05) is 6.54 Å². The summed E-state index contributed by atoms with van der Waals surface area (Å²) in [5, 5.41) is 2.57. The number of rotatable bonds is 8. The molecule has 7 nitrogen and oxygen atoms in total. The van der Waals surface area contributed by atoms with Gasteiger partial charge in [-0.25, -0.2) is 0 Å². The van der Waals surface area contributed by atoms with Crippen LogP contribution in [-0.2, 0) is 16.2 Å². The number of nitrogens with zero attached hydrogens (tertiary/aromatic N) is 1. The Hall–Kier alpha value is -3.65. The Morgan fingerprint density at radius 2 is 1.81 bits per heavy atom. The molecule has 2 amide bonds. The van der Waals surface area contributed by atoms with Crippen molar-refractivity contribution in [3.63, 3.8) is 0 Å². The Balaban J connectivity index is 1.98. The molecule has 1 aliphatic rings. The minimum atomic E-state index is -0.572. The van der Waals surface area contributed by atoms with E-state index >= 15 is 0 Å². The molecule has 2 aromatic carbocycles. The maximum absolute atomic E-state index is 12.8. The van der Waals surface area contributed by atoms with Gasteiger partial charge in [0.15, 0.2) is 16.6 Å². The average molecular weight is 439 g/mol. The number of hydrogen-bond donors (Lipinski definition) is 1. The summed E-state index contributed by atoms with van der Waals surface area (Å²) in [5.41, 5.74) is 1.45. The SMILES string of the molecule is C=CCN1C(=O)C(=Cc2cc(OC)c(OC)c(OCc3ccccc3)c2)C(=O)NC1=S. The molecule has 1 aliphatic heterocycles. The number of hydrogen-bond acceptors (Lipinski definition) is 6. The highest BCUT2D eigenvalue weighted by molar-refractivity contribution is 7.80. The van der Waals surface area contributed by atoms with Crippen LogP contribution < -0.4 is 19.5 Å². The van der Waals surface area contributed by atoms with E-state index in [4.69, 9.17) is 26.4 Å². The first kappa shape index (κ1) is 22.0. The van der Waals surface area contributed by atoms with E-state index in [2.05, 4.69) is 11.9 Å². The van der Waals surface area contributed by atoms with E-state index < -0.39 is 11.8 Å². The van der Waals surface area contributed by atoms with Gasteiger partial charge in [-0.15, -0.1) is 6.58 Å². The minimum absolute atomic E-state index is 0.0474. The summed E-state index contributed by atoms with van der Waals surface area (Å²) in [6.45, 7) is 4.11. The number of ether oxygens (including phenoxy) is 3. The van der Waals surface area contributed by atoms with Crippen LogP contribution in [0.4, 0.5) is 0 Å². The number of carbonyl (C=O) groups is 2. The third-order valence-corrected chi connectivity index (χ3v) is 4.84. The van der Waals surface area contributed by atoms with Crippen LogP contribution in [0.2, 0.25) is 0 Å². The van der Waals surface area contributed by atoms with Crippen molar-refractivity contribution in [1.82, 2.24) is 10.2 Å². The summed E-state index contributed by atoms with van der Waals surface area (Å²) in [7, 11) is 3.01. The fraction of sp³-hybridized carbons (Fsp3) is 0.174. The van der Waals surface area contributed by atoms with E-state index in [1.807, 2.05) is 30.3 Å². The molecule has 3 rings (SSSR count). The van der Waals surface area contributed by atoms with E-state index in [1.165, 1.54) is 31.3 Å². The number of nitrogens with one attached hydrogen (secondary N) is 1. The van der Waals surface area contributed by atoms with Gasteiger partial charge in [-0.05, 0) is 41.6 Å². The van der Waals surface area contributed by atoms with Gasteiger partial charge < -0.3 is 14.2 Å². The molecule has 0 spiro atoms. The maximum Gasteiger partial charge on any atom is 0.265 e. The molecule has 160 valence electrons. The summed E-state index contributed by atoms with van der Waals surface area (Å²) in [4.78, 5) is 26.5. The topological polar surface area (TPSA) is 77.1 Å². The Morgan fingerprint density at radius 1 is 1.10 bits per heavy atom. The molecule has 1 N–H and O–H groups in total. The molecule has 1 heterocycles. The monoisotopic (exact) mass is 438 g/mol. The highest BCUT2D eigenvalue weighted by atomic mass is 32.1. The largest absolute Gasteiger partial charge is 0.493 e. The second kappa shape index (κ2) is 9.90. The second-order valence-corrected chi connectivity index (χ2v) is 6.94. The Kier molecular flexibility index (Phi) is 7.04. The van der Waals surface area contributed by atoms with Crippen molar-refractivity contribution in [2.75, 3.05) is 20.8 Å². The van der Waals surface area contributed by atoms with Crippen molar-refractivity contribution in [2.24, 2.45) is 0 Å². The van der Waals surface area contributed by atoms with Crippen molar-refractivity contribution in [2.45, 2.75) is 6.61 Å². The van der Waals surface area contributed by atoms with Crippen molar-refractivity contribution in [3.8, 4) is 17.2 Å². The lowest BCUT2D eigenvalue weighted by atomic mass is 10.1. The molecule has 0 unspecified atom stereocenters. The van der Waals surface area contributed by atoms with E-state index in [9.17, 15) is 9.59 Å². The predicted octanol–water partition coefficient (Wildman–Crippen LogP) is 3.10. The molecular formula is C23H22N2O5S. The smallest absolute Gasteiger partial charge is 0.265 e. The van der Waals surface area contributed by atoms with Crippen LogP contribution >= 0.6 is 12.2 Å². The van der Waals surface area contributed by atoms with E-state index in [1.54, 1.807) is 12.1 Å². The Bertz CT molecular complexity index is 1050. The number of methoxy groups -OCH3 is 2. The maximum atomic E-state index is 12.8. The molecular weight excluding hydrogens is 416 g/mol. The van der Waals surface area contributed by atoms with Gasteiger partial charge in [-0.3, -0.25) is 19.8 Å². The van der Waals surface area contributed by atoms with Gasteiger partial charge in [0.2, 0.25) is 5.75 Å². The van der Waals surface area contributed by atoms with Crippen LogP contribution in [0.3, 0.4) is 0 Å². The lowest BCUT2D eigenvalue weighted by Crippen LogP contribution is -2.53. The zero-order valence-electron chi connectivity index (χ0n) is 17.2. The number of benzene rings is 2. The van der Waals surface area contributed by atoms with Gasteiger partial charge in [0.25, 0.3) is 11.8 Å². The van der Waals surface area contributed by atoms with Crippen LogP contribution in [0.25, 0.3) is 6.08 Å². The highest BCUT2D eigenvalue weighted by Gasteiger charge is 2.32. The fourth-order valence-electron chi connectivity index (χ4n) is 3.03. The van der Waals surface area contributed by atoms with Gasteiger partial charge in [0.1, 0.15) is 12.2 Å². The van der Waals surface area contributed by atoms with Gasteiger partial charge in [-0.2, -0.15) is 0 Å². The van der Waals surface area contributed by atoms with Crippen LogP contribution in [-0.4, -0.2) is 42.6 Å². The van der Waals surface area contributed by atoms with Gasteiger partial charge in [0.05, 0.1) is 14.2 Å². The van der Waals surface area contributed by atoms with Crippen molar-refractivity contribution in [3.05, 3.63) is 71.8 Å². The molecule has 0 bridgehead atoms. The summed E-state index contributed by atoms with van der Waals surface area (Å²) < 4.78 is 16.8. The van der Waals surface area contributed by atoms with E-state index in [-0.39, 0.29) is 17.2 Å². The van der Waals surface area contributed by atoms with E-state index in [0.29, 0.717) is 29.4 Å². The summed E-state index contributed by atoms with van der Waals surface area (Å²) in [6.07, 6.45) is 3.00. The predicted molar refractivity (Wildman–Crippen MR) is 121 cm³/mol. The van der Waals surface area contributed by atoms with Crippen molar-refractivity contribution < 1.29 is 23.8 Å². The number of carbonyl (C=O) groups excluding carboxylic acids is 2. The molecule has 0 radical (unpaired) electrons. The van der Waals surface area contributed by atoms with E-state index in [0.717, 1.165) is 5.56 Å². The molecule has 31 heavy (non-hydrogen) atoms. The molecule has 0 atom stereocenters. The first-order valence-electron chi connectivity index (χ1n) is 9.41. The van der Waals surface area contributed by atoms with Crippen LogP contribution in [0.5, 0.6) is 17.2 Å². The third-order valence-electron chi connectivity index (χ3n) is 4.51. The minimum Gasteiger partial charge on any atom is -0.493 e. The quantitative estimate of drug-likeness (QED) is 0.295. The number of thiocarbonyl (C=S) groups is 1. The van der Waals surface area contributed by atoms with Crippen molar-refractivity contribution >= 4 is 35.2 Å². The summed E-state index contributed by atoms with van der Waals surface area (Å²) in [5.74, 6) is 0.156. The molecule has 1 fully saturated rings.